The molecule has 1 aromatic carbocycles. The van der Waals surface area contributed by atoms with Gasteiger partial charge >= 0.3 is 0 Å². The molecule has 0 radical (unpaired) electrons. The number of carbonyl (C=O) groups is 1. The van der Waals surface area contributed by atoms with E-state index in [1.54, 1.807) is 31.2 Å². The molecule has 2 rings (SSSR count). The molecule has 0 unspecified atom stereocenters. The lowest BCUT2D eigenvalue weighted by atomic mass is 10.2. The summed E-state index contributed by atoms with van der Waals surface area (Å²) in [6.45, 7) is 4.78. The Morgan fingerprint density at radius 2 is 2.08 bits per heavy atom. The molecule has 1 heterocycles. The molecule has 25 heavy (non-hydrogen) atoms. The molecule has 0 spiro atoms. The van der Waals surface area contributed by atoms with Crippen LogP contribution in [0.1, 0.15) is 36.1 Å². The summed E-state index contributed by atoms with van der Waals surface area (Å²) in [7, 11) is 3.49. The summed E-state index contributed by atoms with van der Waals surface area (Å²) in [5.41, 5.74) is 0.796. The minimum absolute atomic E-state index is 0.299. The highest BCUT2D eigenvalue weighted by Gasteiger charge is 2.15. The fourth-order valence-electron chi connectivity index (χ4n) is 2.34. The van der Waals surface area contributed by atoms with Crippen LogP contribution in [-0.2, 0) is 0 Å². The minimum Gasteiger partial charge on any atom is -0.495 e. The highest BCUT2D eigenvalue weighted by molar-refractivity contribution is 6.31. The van der Waals surface area contributed by atoms with Crippen molar-refractivity contribution < 1.29 is 9.53 Å². The SMILES string of the molecule is CCCCN(C)c1cc(C(=O)Nc2cc(Cl)ccc2OC)nc(C)n1. The minimum atomic E-state index is -0.337. The van der Waals surface area contributed by atoms with E-state index in [2.05, 4.69) is 22.2 Å². The number of methoxy groups -OCH3 is 1. The first-order valence-electron chi connectivity index (χ1n) is 8.16. The maximum Gasteiger partial charge on any atom is 0.274 e. The Bertz CT molecular complexity index is 752. The van der Waals surface area contributed by atoms with Crippen LogP contribution >= 0.6 is 11.6 Å². The Kier molecular flexibility index (Phi) is 6.58. The third kappa shape index (κ3) is 5.06. The summed E-state index contributed by atoms with van der Waals surface area (Å²) >= 11 is 6.00. The molecule has 134 valence electrons. The van der Waals surface area contributed by atoms with E-state index < -0.39 is 0 Å². The first kappa shape index (κ1) is 19.0. The van der Waals surface area contributed by atoms with Crippen molar-refractivity contribution in [2.75, 3.05) is 30.9 Å². The number of benzene rings is 1. The summed E-state index contributed by atoms with van der Waals surface area (Å²) in [6, 6.07) is 6.73. The third-order valence-electron chi connectivity index (χ3n) is 3.70. The Labute approximate surface area is 153 Å². The Balaban J connectivity index is 2.25. The Morgan fingerprint density at radius 3 is 2.76 bits per heavy atom. The zero-order valence-electron chi connectivity index (χ0n) is 15.0. The summed E-state index contributed by atoms with van der Waals surface area (Å²) in [5, 5.41) is 3.31. The molecule has 1 amide bonds. The second-order valence-corrected chi connectivity index (χ2v) is 6.17. The summed E-state index contributed by atoms with van der Waals surface area (Å²) in [6.07, 6.45) is 2.15. The molecule has 0 saturated carbocycles. The molecule has 0 aliphatic heterocycles. The van der Waals surface area contributed by atoms with Crippen molar-refractivity contribution in [1.29, 1.82) is 0 Å². The standard InChI is InChI=1S/C18H23ClN4O2/c1-5-6-9-23(3)17-11-15(20-12(2)21-17)18(24)22-14-10-13(19)7-8-16(14)25-4/h7-8,10-11H,5-6,9H2,1-4H3,(H,22,24). The molecular formula is C18H23ClN4O2. The topological polar surface area (TPSA) is 67.4 Å². The van der Waals surface area contributed by atoms with E-state index in [0.29, 0.717) is 28.0 Å². The van der Waals surface area contributed by atoms with Crippen LogP contribution in [0.5, 0.6) is 5.75 Å². The zero-order chi connectivity index (χ0) is 18.4. The van der Waals surface area contributed by atoms with Gasteiger partial charge in [-0.2, -0.15) is 0 Å². The number of anilines is 2. The van der Waals surface area contributed by atoms with E-state index >= 15 is 0 Å². The monoisotopic (exact) mass is 362 g/mol. The van der Waals surface area contributed by atoms with Crippen molar-refractivity contribution in [2.45, 2.75) is 26.7 Å². The Hall–Kier alpha value is -2.34. The first-order chi connectivity index (χ1) is 11.9. The number of hydrogen-bond acceptors (Lipinski definition) is 5. The quantitative estimate of drug-likeness (QED) is 0.808. The van der Waals surface area contributed by atoms with Gasteiger partial charge in [-0.15, -0.1) is 0 Å². The van der Waals surface area contributed by atoms with Gasteiger partial charge in [-0.25, -0.2) is 9.97 Å². The number of hydrogen-bond donors (Lipinski definition) is 1. The number of aryl methyl sites for hydroxylation is 1. The Morgan fingerprint density at radius 1 is 1.32 bits per heavy atom. The third-order valence-corrected chi connectivity index (χ3v) is 3.94. The normalized spacial score (nSPS) is 10.4. The number of carbonyl (C=O) groups excluding carboxylic acids is 1. The fraction of sp³-hybridized carbons (Fsp3) is 0.389. The smallest absolute Gasteiger partial charge is 0.274 e. The highest BCUT2D eigenvalue weighted by Crippen LogP contribution is 2.28. The average Bonchev–Trinajstić information content (AvgIpc) is 2.59. The van der Waals surface area contributed by atoms with E-state index in [-0.39, 0.29) is 5.91 Å². The zero-order valence-corrected chi connectivity index (χ0v) is 15.7. The van der Waals surface area contributed by atoms with E-state index in [1.165, 1.54) is 7.11 Å². The molecule has 7 heteroatoms. The van der Waals surface area contributed by atoms with Crippen LogP contribution in [0, 0.1) is 6.92 Å². The number of ether oxygens (including phenoxy) is 1. The van der Waals surface area contributed by atoms with Gasteiger partial charge in [-0.1, -0.05) is 24.9 Å². The summed E-state index contributed by atoms with van der Waals surface area (Å²) in [5.74, 6) is 1.47. The molecule has 0 aliphatic rings. The summed E-state index contributed by atoms with van der Waals surface area (Å²) < 4.78 is 5.25. The lowest BCUT2D eigenvalue weighted by Crippen LogP contribution is -2.22. The highest BCUT2D eigenvalue weighted by atomic mass is 35.5. The van der Waals surface area contributed by atoms with Crippen LogP contribution in [0.25, 0.3) is 0 Å². The van der Waals surface area contributed by atoms with Crippen LogP contribution in [0.15, 0.2) is 24.3 Å². The fourth-order valence-corrected chi connectivity index (χ4v) is 2.51. The molecule has 2 aromatic rings. The van der Waals surface area contributed by atoms with Gasteiger partial charge in [-0.3, -0.25) is 4.79 Å². The van der Waals surface area contributed by atoms with Crippen molar-refractivity contribution >= 4 is 29.0 Å². The number of nitrogens with one attached hydrogen (secondary N) is 1. The van der Waals surface area contributed by atoms with Gasteiger partial charge in [0.1, 0.15) is 23.1 Å². The van der Waals surface area contributed by atoms with Crippen LogP contribution in [-0.4, -0.2) is 36.6 Å². The number of rotatable bonds is 7. The van der Waals surface area contributed by atoms with Gasteiger partial charge in [-0.05, 0) is 31.5 Å². The van der Waals surface area contributed by atoms with E-state index in [1.807, 2.05) is 11.9 Å². The number of amides is 1. The van der Waals surface area contributed by atoms with Crippen molar-refractivity contribution in [2.24, 2.45) is 0 Å². The predicted octanol–water partition coefficient (Wildman–Crippen LogP) is 3.94. The largest absolute Gasteiger partial charge is 0.495 e. The predicted molar refractivity (Wildman–Crippen MR) is 101 cm³/mol. The van der Waals surface area contributed by atoms with Crippen LogP contribution in [0.2, 0.25) is 5.02 Å². The second-order valence-electron chi connectivity index (χ2n) is 5.73. The first-order valence-corrected chi connectivity index (χ1v) is 8.54. The average molecular weight is 363 g/mol. The number of nitrogens with zero attached hydrogens (tertiary/aromatic N) is 3. The van der Waals surface area contributed by atoms with Crippen molar-refractivity contribution in [3.8, 4) is 5.75 Å². The van der Waals surface area contributed by atoms with E-state index in [9.17, 15) is 4.79 Å². The number of unbranched alkanes of at least 4 members (excludes halogenated alkanes) is 1. The van der Waals surface area contributed by atoms with E-state index in [4.69, 9.17) is 16.3 Å². The molecule has 0 saturated heterocycles. The van der Waals surface area contributed by atoms with Gasteiger partial charge in [0.15, 0.2) is 0 Å². The molecular weight excluding hydrogens is 340 g/mol. The molecule has 0 aliphatic carbocycles. The molecule has 1 N–H and O–H groups in total. The van der Waals surface area contributed by atoms with Crippen LogP contribution < -0.4 is 15.0 Å². The van der Waals surface area contributed by atoms with Crippen molar-refractivity contribution in [3.63, 3.8) is 0 Å². The van der Waals surface area contributed by atoms with Crippen molar-refractivity contribution in [1.82, 2.24) is 9.97 Å². The molecule has 0 bridgehead atoms. The van der Waals surface area contributed by atoms with Gasteiger partial charge in [0.05, 0.1) is 12.8 Å². The van der Waals surface area contributed by atoms with Gasteiger partial charge in [0.25, 0.3) is 5.91 Å². The lowest BCUT2D eigenvalue weighted by molar-refractivity contribution is 0.102. The van der Waals surface area contributed by atoms with Gasteiger partial charge < -0.3 is 15.0 Å². The number of halogens is 1. The molecule has 1 aromatic heterocycles. The van der Waals surface area contributed by atoms with Crippen LogP contribution in [0.3, 0.4) is 0 Å². The number of aromatic nitrogens is 2. The van der Waals surface area contributed by atoms with Gasteiger partial charge in [0, 0.05) is 24.7 Å². The molecule has 0 fully saturated rings. The molecule has 0 atom stereocenters. The maximum atomic E-state index is 12.6. The lowest BCUT2D eigenvalue weighted by Gasteiger charge is -2.18. The van der Waals surface area contributed by atoms with Gasteiger partial charge in [0.2, 0.25) is 0 Å². The van der Waals surface area contributed by atoms with Crippen molar-refractivity contribution in [3.05, 3.63) is 40.8 Å². The second kappa shape index (κ2) is 8.67. The maximum absolute atomic E-state index is 12.6. The molecule has 6 nitrogen and oxygen atoms in total. The van der Waals surface area contributed by atoms with E-state index in [0.717, 1.165) is 25.2 Å². The van der Waals surface area contributed by atoms with Crippen LogP contribution in [0.4, 0.5) is 11.5 Å². The summed E-state index contributed by atoms with van der Waals surface area (Å²) in [4.78, 5) is 23.3.